The average molecular weight is 225 g/mol. The van der Waals surface area contributed by atoms with E-state index < -0.39 is 0 Å². The lowest BCUT2D eigenvalue weighted by atomic mass is 10.1. The minimum Gasteiger partial charge on any atom is -0.379 e. The first-order valence-corrected chi connectivity index (χ1v) is 6.45. The molecule has 2 atom stereocenters. The van der Waals surface area contributed by atoms with Crippen LogP contribution in [0.25, 0.3) is 0 Å². The van der Waals surface area contributed by atoms with Gasteiger partial charge in [-0.1, -0.05) is 19.1 Å². The highest BCUT2D eigenvalue weighted by atomic mass is 32.2. The molecule has 2 unspecified atom stereocenters. The Kier molecular flexibility index (Phi) is 3.52. The normalized spacial score (nSPS) is 26.3. The fourth-order valence-electron chi connectivity index (χ4n) is 1.89. The highest BCUT2D eigenvalue weighted by molar-refractivity contribution is 8.00. The monoisotopic (exact) mass is 225 g/mol. The van der Waals surface area contributed by atoms with E-state index in [-0.39, 0.29) is 5.82 Å². The maximum absolute atomic E-state index is 13.4. The number of halogens is 1. The molecule has 0 bridgehead atoms. The summed E-state index contributed by atoms with van der Waals surface area (Å²) in [7, 11) is 0. The van der Waals surface area contributed by atoms with Crippen LogP contribution < -0.4 is 5.32 Å². The Labute approximate surface area is 94.5 Å². The number of benzene rings is 1. The summed E-state index contributed by atoms with van der Waals surface area (Å²) in [4.78, 5) is 0. The van der Waals surface area contributed by atoms with Gasteiger partial charge >= 0.3 is 0 Å². The molecule has 0 amide bonds. The van der Waals surface area contributed by atoms with Crippen LogP contribution in [0.2, 0.25) is 0 Å². The van der Waals surface area contributed by atoms with Gasteiger partial charge in [0.05, 0.1) is 5.69 Å². The molecular weight excluding hydrogens is 209 g/mol. The lowest BCUT2D eigenvalue weighted by molar-refractivity contribution is 0.596. The third-order valence-electron chi connectivity index (χ3n) is 2.82. The Bertz CT molecular complexity index is 329. The number of thioether (sulfide) groups is 1. The van der Waals surface area contributed by atoms with Crippen LogP contribution in [-0.2, 0) is 0 Å². The van der Waals surface area contributed by atoms with Crippen LogP contribution in [0.4, 0.5) is 10.1 Å². The molecule has 1 aliphatic heterocycles. The second kappa shape index (κ2) is 4.88. The van der Waals surface area contributed by atoms with Gasteiger partial charge < -0.3 is 5.32 Å². The van der Waals surface area contributed by atoms with Crippen LogP contribution in [0.1, 0.15) is 19.8 Å². The zero-order valence-corrected chi connectivity index (χ0v) is 9.69. The van der Waals surface area contributed by atoms with E-state index in [2.05, 4.69) is 12.2 Å². The second-order valence-electron chi connectivity index (χ2n) is 3.95. The lowest BCUT2D eigenvalue weighted by Crippen LogP contribution is -2.33. The summed E-state index contributed by atoms with van der Waals surface area (Å²) < 4.78 is 13.4. The van der Waals surface area contributed by atoms with Gasteiger partial charge in [0, 0.05) is 11.3 Å². The Morgan fingerprint density at radius 1 is 1.40 bits per heavy atom. The van der Waals surface area contributed by atoms with Gasteiger partial charge in [0.1, 0.15) is 5.82 Å². The molecule has 82 valence electrons. The number of anilines is 1. The highest BCUT2D eigenvalue weighted by Crippen LogP contribution is 2.28. The molecular formula is C12H16FNS. The van der Waals surface area contributed by atoms with Crippen LogP contribution in [0.3, 0.4) is 0 Å². The van der Waals surface area contributed by atoms with E-state index in [0.29, 0.717) is 17.0 Å². The summed E-state index contributed by atoms with van der Waals surface area (Å²) in [5, 5.41) is 3.87. The minimum atomic E-state index is -0.153. The molecule has 0 saturated carbocycles. The fourth-order valence-corrected chi connectivity index (χ4v) is 3.03. The molecule has 2 rings (SSSR count). The highest BCUT2D eigenvalue weighted by Gasteiger charge is 2.22. The van der Waals surface area contributed by atoms with E-state index in [4.69, 9.17) is 0 Å². The van der Waals surface area contributed by atoms with Gasteiger partial charge in [0.25, 0.3) is 0 Å². The minimum absolute atomic E-state index is 0.153. The first-order valence-electron chi connectivity index (χ1n) is 5.40. The Morgan fingerprint density at radius 3 is 2.93 bits per heavy atom. The van der Waals surface area contributed by atoms with E-state index >= 15 is 0 Å². The molecule has 0 aliphatic carbocycles. The molecule has 1 aromatic rings. The molecule has 1 nitrogen and oxygen atoms in total. The van der Waals surface area contributed by atoms with E-state index in [1.165, 1.54) is 18.2 Å². The van der Waals surface area contributed by atoms with Crippen molar-refractivity contribution >= 4 is 17.4 Å². The van der Waals surface area contributed by atoms with Gasteiger partial charge in [0.15, 0.2) is 0 Å². The molecule has 1 aromatic carbocycles. The summed E-state index contributed by atoms with van der Waals surface area (Å²) in [5.41, 5.74) is 0.636. The summed E-state index contributed by atoms with van der Waals surface area (Å²) in [5.74, 6) is 1.08. The van der Waals surface area contributed by atoms with Crippen molar-refractivity contribution in [2.75, 3.05) is 11.1 Å². The maximum Gasteiger partial charge on any atom is 0.146 e. The average Bonchev–Trinajstić information content (AvgIpc) is 2.24. The molecule has 1 fully saturated rings. The zero-order valence-electron chi connectivity index (χ0n) is 8.87. The Morgan fingerprint density at radius 2 is 2.20 bits per heavy atom. The standard InChI is InChI=1S/C12H16FNS/c1-9-11(7-4-8-15-9)14-12-6-3-2-5-10(12)13/h2-3,5-6,9,11,14H,4,7-8H2,1H3. The Hall–Kier alpha value is -0.700. The largest absolute Gasteiger partial charge is 0.379 e. The van der Waals surface area contributed by atoms with Crippen molar-refractivity contribution in [3.63, 3.8) is 0 Å². The van der Waals surface area contributed by atoms with Crippen molar-refractivity contribution in [3.05, 3.63) is 30.1 Å². The summed E-state index contributed by atoms with van der Waals surface area (Å²) >= 11 is 1.97. The fraction of sp³-hybridized carbons (Fsp3) is 0.500. The molecule has 0 radical (unpaired) electrons. The van der Waals surface area contributed by atoms with Crippen molar-refractivity contribution in [1.29, 1.82) is 0 Å². The van der Waals surface area contributed by atoms with E-state index in [9.17, 15) is 4.39 Å². The first-order chi connectivity index (χ1) is 7.27. The quantitative estimate of drug-likeness (QED) is 0.826. The van der Waals surface area contributed by atoms with E-state index in [0.717, 1.165) is 6.42 Å². The molecule has 3 heteroatoms. The first kappa shape index (κ1) is 10.8. The van der Waals surface area contributed by atoms with Gasteiger partial charge in [0.2, 0.25) is 0 Å². The zero-order chi connectivity index (χ0) is 10.7. The van der Waals surface area contributed by atoms with E-state index in [1.54, 1.807) is 12.1 Å². The molecule has 15 heavy (non-hydrogen) atoms. The molecule has 1 saturated heterocycles. The van der Waals surface area contributed by atoms with Crippen LogP contribution in [0, 0.1) is 5.82 Å². The smallest absolute Gasteiger partial charge is 0.146 e. The van der Waals surface area contributed by atoms with Crippen LogP contribution in [-0.4, -0.2) is 17.0 Å². The number of para-hydroxylation sites is 1. The number of hydrogen-bond acceptors (Lipinski definition) is 2. The SMILES string of the molecule is CC1SCCCC1Nc1ccccc1F. The molecule has 1 aliphatic rings. The molecule has 1 heterocycles. The van der Waals surface area contributed by atoms with E-state index in [1.807, 2.05) is 17.8 Å². The van der Waals surface area contributed by atoms with Crippen LogP contribution >= 0.6 is 11.8 Å². The number of hydrogen-bond donors (Lipinski definition) is 1. The molecule has 0 aromatic heterocycles. The van der Waals surface area contributed by atoms with Crippen LogP contribution in [0.15, 0.2) is 24.3 Å². The van der Waals surface area contributed by atoms with Crippen molar-refractivity contribution in [3.8, 4) is 0 Å². The van der Waals surface area contributed by atoms with Gasteiger partial charge in [-0.2, -0.15) is 11.8 Å². The summed E-state index contributed by atoms with van der Waals surface area (Å²) in [6.07, 6.45) is 2.36. The van der Waals surface area contributed by atoms with Gasteiger partial charge in [-0.25, -0.2) is 4.39 Å². The molecule has 1 N–H and O–H groups in total. The maximum atomic E-state index is 13.4. The predicted molar refractivity (Wildman–Crippen MR) is 65.0 cm³/mol. The van der Waals surface area contributed by atoms with Crippen molar-refractivity contribution < 1.29 is 4.39 Å². The topological polar surface area (TPSA) is 12.0 Å². The number of rotatable bonds is 2. The summed E-state index contributed by atoms with van der Waals surface area (Å²) in [6, 6.07) is 7.30. The third kappa shape index (κ3) is 2.65. The van der Waals surface area contributed by atoms with Crippen molar-refractivity contribution in [1.82, 2.24) is 0 Å². The predicted octanol–water partition coefficient (Wildman–Crippen LogP) is 3.52. The second-order valence-corrected chi connectivity index (χ2v) is 5.43. The Balaban J connectivity index is 2.04. The van der Waals surface area contributed by atoms with Crippen molar-refractivity contribution in [2.24, 2.45) is 0 Å². The lowest BCUT2D eigenvalue weighted by Gasteiger charge is -2.30. The van der Waals surface area contributed by atoms with Gasteiger partial charge in [-0.3, -0.25) is 0 Å². The third-order valence-corrected chi connectivity index (χ3v) is 4.20. The van der Waals surface area contributed by atoms with Crippen molar-refractivity contribution in [2.45, 2.75) is 31.1 Å². The summed E-state index contributed by atoms with van der Waals surface area (Å²) in [6.45, 7) is 2.21. The number of nitrogens with one attached hydrogen (secondary N) is 1. The van der Waals surface area contributed by atoms with Crippen LogP contribution in [0.5, 0.6) is 0 Å². The molecule has 0 spiro atoms. The van der Waals surface area contributed by atoms with Gasteiger partial charge in [-0.05, 0) is 30.7 Å². The van der Waals surface area contributed by atoms with Gasteiger partial charge in [-0.15, -0.1) is 0 Å².